The summed E-state index contributed by atoms with van der Waals surface area (Å²) in [5.41, 5.74) is 1.02. The molecule has 0 saturated carbocycles. The number of nitrogens with one attached hydrogen (secondary N) is 1. The van der Waals surface area contributed by atoms with Gasteiger partial charge in [-0.1, -0.05) is 37.3 Å². The molecule has 25 heavy (non-hydrogen) atoms. The minimum atomic E-state index is -0.592. The molecular weight excluding hydrogens is 316 g/mol. The Hall–Kier alpha value is -2.56. The van der Waals surface area contributed by atoms with Gasteiger partial charge in [0.25, 0.3) is 5.91 Å². The molecule has 132 valence electrons. The van der Waals surface area contributed by atoms with Crippen molar-refractivity contribution in [3.8, 4) is 0 Å². The van der Waals surface area contributed by atoms with Gasteiger partial charge >= 0.3 is 0 Å². The molecule has 5 nitrogen and oxygen atoms in total. The van der Waals surface area contributed by atoms with Crippen LogP contribution in [0.1, 0.15) is 35.9 Å². The molecule has 2 amide bonds. The third-order valence-corrected chi connectivity index (χ3v) is 4.60. The topological polar surface area (TPSA) is 62.6 Å². The molecule has 1 aromatic heterocycles. The summed E-state index contributed by atoms with van der Waals surface area (Å²) in [5, 5.41) is 2.86. The Morgan fingerprint density at radius 1 is 1.24 bits per heavy atom. The lowest BCUT2D eigenvalue weighted by atomic mass is 9.98. The lowest BCUT2D eigenvalue weighted by Gasteiger charge is -2.33. The number of hydrogen-bond acceptors (Lipinski definition) is 3. The van der Waals surface area contributed by atoms with Crippen molar-refractivity contribution in [3.05, 3.63) is 60.1 Å². The van der Waals surface area contributed by atoms with Crippen molar-refractivity contribution in [1.29, 1.82) is 0 Å². The van der Waals surface area contributed by atoms with E-state index in [0.717, 1.165) is 31.5 Å². The highest BCUT2D eigenvalue weighted by Crippen LogP contribution is 2.17. The summed E-state index contributed by atoms with van der Waals surface area (Å²) in [6.45, 7) is 3.67. The van der Waals surface area contributed by atoms with E-state index in [2.05, 4.69) is 12.2 Å². The Kier molecular flexibility index (Phi) is 5.53. The first kappa shape index (κ1) is 17.3. The van der Waals surface area contributed by atoms with Gasteiger partial charge in [-0.15, -0.1) is 0 Å². The summed E-state index contributed by atoms with van der Waals surface area (Å²) in [4.78, 5) is 27.3. The van der Waals surface area contributed by atoms with Crippen molar-refractivity contribution in [2.75, 3.05) is 13.1 Å². The molecule has 0 radical (unpaired) electrons. The molecule has 2 unspecified atom stereocenters. The van der Waals surface area contributed by atoms with Gasteiger partial charge < -0.3 is 14.6 Å². The number of carbonyl (C=O) groups excluding carboxylic acids is 2. The molecule has 0 spiro atoms. The van der Waals surface area contributed by atoms with Gasteiger partial charge in [0, 0.05) is 19.5 Å². The van der Waals surface area contributed by atoms with Gasteiger partial charge in [0.2, 0.25) is 5.91 Å². The molecule has 1 aliphatic heterocycles. The van der Waals surface area contributed by atoms with Crippen LogP contribution in [0.3, 0.4) is 0 Å². The summed E-state index contributed by atoms with van der Waals surface area (Å²) < 4.78 is 5.15. The molecular formula is C20H24N2O3. The van der Waals surface area contributed by atoms with Crippen molar-refractivity contribution in [2.45, 2.75) is 32.2 Å². The largest absolute Gasteiger partial charge is 0.459 e. The molecule has 3 rings (SSSR count). The first-order chi connectivity index (χ1) is 12.1. The number of nitrogens with zero attached hydrogens (tertiary/aromatic N) is 1. The predicted molar refractivity (Wildman–Crippen MR) is 95.1 cm³/mol. The lowest BCUT2D eigenvalue weighted by Crippen LogP contribution is -2.52. The average molecular weight is 340 g/mol. The van der Waals surface area contributed by atoms with Crippen molar-refractivity contribution in [1.82, 2.24) is 10.2 Å². The van der Waals surface area contributed by atoms with Crippen LogP contribution in [0, 0.1) is 5.92 Å². The Balaban J connectivity index is 1.75. The molecule has 5 heteroatoms. The van der Waals surface area contributed by atoms with Crippen LogP contribution in [0.15, 0.2) is 53.1 Å². The maximum atomic E-state index is 13.0. The SMILES string of the molecule is CC1CCCN(C(=O)C(Cc2ccccc2)NC(=O)c2ccco2)C1. The fourth-order valence-corrected chi connectivity index (χ4v) is 3.30. The molecule has 1 saturated heterocycles. The second-order valence-electron chi connectivity index (χ2n) is 6.72. The van der Waals surface area contributed by atoms with E-state index in [1.54, 1.807) is 12.1 Å². The number of amides is 2. The van der Waals surface area contributed by atoms with E-state index in [9.17, 15) is 9.59 Å². The van der Waals surface area contributed by atoms with Gasteiger partial charge in [-0.3, -0.25) is 9.59 Å². The minimum absolute atomic E-state index is 0.0182. The molecule has 1 N–H and O–H groups in total. The highest BCUT2D eigenvalue weighted by molar-refractivity contribution is 5.95. The van der Waals surface area contributed by atoms with Gasteiger partial charge in [-0.05, 0) is 36.5 Å². The Bertz CT molecular complexity index is 697. The van der Waals surface area contributed by atoms with E-state index in [1.807, 2.05) is 35.2 Å². The Morgan fingerprint density at radius 2 is 2.04 bits per heavy atom. The van der Waals surface area contributed by atoms with E-state index >= 15 is 0 Å². The van der Waals surface area contributed by atoms with Crippen LogP contribution in [0.25, 0.3) is 0 Å². The molecule has 2 atom stereocenters. The zero-order chi connectivity index (χ0) is 17.6. The average Bonchev–Trinajstić information content (AvgIpc) is 3.16. The summed E-state index contributed by atoms with van der Waals surface area (Å²) in [5.74, 6) is 0.341. The number of carbonyl (C=O) groups is 2. The van der Waals surface area contributed by atoms with Crippen molar-refractivity contribution in [3.63, 3.8) is 0 Å². The molecule has 2 heterocycles. The van der Waals surface area contributed by atoms with E-state index in [0.29, 0.717) is 12.3 Å². The van der Waals surface area contributed by atoms with Crippen LogP contribution in [0.2, 0.25) is 0 Å². The van der Waals surface area contributed by atoms with E-state index in [4.69, 9.17) is 4.42 Å². The highest BCUT2D eigenvalue weighted by Gasteiger charge is 2.29. The Labute approximate surface area is 148 Å². The highest BCUT2D eigenvalue weighted by atomic mass is 16.3. The number of likely N-dealkylation sites (tertiary alicyclic amines) is 1. The van der Waals surface area contributed by atoms with E-state index in [1.165, 1.54) is 6.26 Å². The van der Waals surface area contributed by atoms with Crippen molar-refractivity contribution in [2.24, 2.45) is 5.92 Å². The number of hydrogen-bond donors (Lipinski definition) is 1. The normalized spacial score (nSPS) is 18.6. The number of benzene rings is 1. The van der Waals surface area contributed by atoms with Gasteiger partial charge in [0.05, 0.1) is 6.26 Å². The molecule has 0 bridgehead atoms. The van der Waals surface area contributed by atoms with Crippen LogP contribution >= 0.6 is 0 Å². The maximum absolute atomic E-state index is 13.0. The third kappa shape index (κ3) is 4.50. The first-order valence-electron chi connectivity index (χ1n) is 8.80. The quantitative estimate of drug-likeness (QED) is 0.910. The monoisotopic (exact) mass is 340 g/mol. The third-order valence-electron chi connectivity index (χ3n) is 4.60. The smallest absolute Gasteiger partial charge is 0.287 e. The second-order valence-corrected chi connectivity index (χ2v) is 6.72. The van der Waals surface area contributed by atoms with E-state index < -0.39 is 6.04 Å². The van der Waals surface area contributed by atoms with Crippen molar-refractivity contribution < 1.29 is 14.0 Å². The molecule has 2 aromatic rings. The van der Waals surface area contributed by atoms with Gasteiger partial charge in [0.15, 0.2) is 5.76 Å². The van der Waals surface area contributed by atoms with Gasteiger partial charge in [-0.2, -0.15) is 0 Å². The van der Waals surface area contributed by atoms with E-state index in [-0.39, 0.29) is 17.6 Å². The summed E-state index contributed by atoms with van der Waals surface area (Å²) in [6, 6.07) is 12.4. The zero-order valence-corrected chi connectivity index (χ0v) is 14.5. The standard InChI is InChI=1S/C20H24N2O3/c1-15-7-5-11-22(14-15)20(24)17(13-16-8-3-2-4-9-16)21-19(23)18-10-6-12-25-18/h2-4,6,8-10,12,15,17H,5,7,11,13-14H2,1H3,(H,21,23). The molecule has 1 aromatic carbocycles. The summed E-state index contributed by atoms with van der Waals surface area (Å²) >= 11 is 0. The van der Waals surface area contributed by atoms with Crippen LogP contribution in [0.4, 0.5) is 0 Å². The minimum Gasteiger partial charge on any atom is -0.459 e. The molecule has 0 aliphatic carbocycles. The first-order valence-corrected chi connectivity index (χ1v) is 8.80. The zero-order valence-electron chi connectivity index (χ0n) is 14.5. The molecule has 1 aliphatic rings. The number of piperidine rings is 1. The van der Waals surface area contributed by atoms with Crippen LogP contribution < -0.4 is 5.32 Å². The molecule has 1 fully saturated rings. The van der Waals surface area contributed by atoms with Gasteiger partial charge in [-0.25, -0.2) is 0 Å². The predicted octanol–water partition coefficient (Wildman–Crippen LogP) is 2.88. The Morgan fingerprint density at radius 3 is 2.72 bits per heavy atom. The van der Waals surface area contributed by atoms with Crippen LogP contribution in [0.5, 0.6) is 0 Å². The second kappa shape index (κ2) is 8.01. The number of rotatable bonds is 5. The van der Waals surface area contributed by atoms with Crippen LogP contribution in [-0.4, -0.2) is 35.8 Å². The van der Waals surface area contributed by atoms with Gasteiger partial charge in [0.1, 0.15) is 6.04 Å². The maximum Gasteiger partial charge on any atom is 0.287 e. The lowest BCUT2D eigenvalue weighted by molar-refractivity contribution is -0.135. The summed E-state index contributed by atoms with van der Waals surface area (Å²) in [6.07, 6.45) is 4.08. The van der Waals surface area contributed by atoms with Crippen molar-refractivity contribution >= 4 is 11.8 Å². The van der Waals surface area contributed by atoms with Crippen LogP contribution in [-0.2, 0) is 11.2 Å². The summed E-state index contributed by atoms with van der Waals surface area (Å²) in [7, 11) is 0. The fourth-order valence-electron chi connectivity index (χ4n) is 3.30. The fraction of sp³-hybridized carbons (Fsp3) is 0.400. The number of furan rings is 1.